The van der Waals surface area contributed by atoms with Gasteiger partial charge in [-0.25, -0.2) is 8.42 Å². The highest BCUT2D eigenvalue weighted by atomic mass is 32.2. The Morgan fingerprint density at radius 2 is 1.77 bits per heavy atom. The maximum Gasteiger partial charge on any atom is 0.243 e. The molecule has 6 nitrogen and oxygen atoms in total. The first-order valence-electron chi connectivity index (χ1n) is 9.29. The summed E-state index contributed by atoms with van der Waals surface area (Å²) in [5.41, 5.74) is 0.835. The lowest BCUT2D eigenvalue weighted by Crippen LogP contribution is -2.48. The summed E-state index contributed by atoms with van der Waals surface area (Å²) < 4.78 is 32.1. The Bertz CT molecular complexity index is 720. The molecule has 26 heavy (non-hydrogen) atoms. The van der Waals surface area contributed by atoms with E-state index in [1.54, 1.807) is 40.6 Å². The number of amides is 1. The van der Waals surface area contributed by atoms with Gasteiger partial charge < -0.3 is 9.64 Å². The van der Waals surface area contributed by atoms with E-state index in [9.17, 15) is 13.2 Å². The first kappa shape index (κ1) is 19.3. The van der Waals surface area contributed by atoms with Crippen molar-refractivity contribution in [3.63, 3.8) is 0 Å². The van der Waals surface area contributed by atoms with Crippen LogP contribution in [0.4, 0.5) is 0 Å². The number of hydrogen-bond acceptors (Lipinski definition) is 4. The predicted molar refractivity (Wildman–Crippen MR) is 99.3 cm³/mol. The Kier molecular flexibility index (Phi) is 5.99. The zero-order chi connectivity index (χ0) is 18.7. The van der Waals surface area contributed by atoms with Crippen LogP contribution in [0, 0.1) is 0 Å². The number of carbonyl (C=O) groups is 1. The van der Waals surface area contributed by atoms with Crippen LogP contribution in [-0.2, 0) is 26.0 Å². The minimum Gasteiger partial charge on any atom is -0.381 e. The largest absolute Gasteiger partial charge is 0.381 e. The summed E-state index contributed by atoms with van der Waals surface area (Å²) in [7, 11) is 0.107. The average molecular weight is 381 g/mol. The molecule has 144 valence electrons. The van der Waals surface area contributed by atoms with E-state index in [-0.39, 0.29) is 24.5 Å². The summed E-state index contributed by atoms with van der Waals surface area (Å²) in [6.07, 6.45) is 5.24. The van der Waals surface area contributed by atoms with Gasteiger partial charge in [0.15, 0.2) is 0 Å². The smallest absolute Gasteiger partial charge is 0.243 e. The SMILES string of the molecule is COC1CC(N(C)C(=O)Cc2ccc(S(=O)(=O)N3CCCCC3)cc2)C1. The molecule has 1 aliphatic heterocycles. The molecule has 1 amide bonds. The van der Waals surface area contributed by atoms with Crippen LogP contribution in [0.1, 0.15) is 37.7 Å². The van der Waals surface area contributed by atoms with Crippen molar-refractivity contribution in [3.05, 3.63) is 29.8 Å². The first-order valence-corrected chi connectivity index (χ1v) is 10.7. The van der Waals surface area contributed by atoms with E-state index < -0.39 is 10.0 Å². The molecule has 3 rings (SSSR count). The number of likely N-dealkylation sites (N-methyl/N-ethyl adjacent to an activating group) is 1. The van der Waals surface area contributed by atoms with Crippen LogP contribution < -0.4 is 0 Å². The van der Waals surface area contributed by atoms with Gasteiger partial charge in [0, 0.05) is 33.3 Å². The highest BCUT2D eigenvalue weighted by Gasteiger charge is 2.34. The second-order valence-corrected chi connectivity index (χ2v) is 9.21. The van der Waals surface area contributed by atoms with Crippen LogP contribution in [0.15, 0.2) is 29.2 Å². The number of methoxy groups -OCH3 is 1. The molecule has 0 unspecified atom stereocenters. The van der Waals surface area contributed by atoms with Gasteiger partial charge in [-0.3, -0.25) is 4.79 Å². The molecule has 2 fully saturated rings. The second kappa shape index (κ2) is 8.06. The quantitative estimate of drug-likeness (QED) is 0.757. The van der Waals surface area contributed by atoms with Gasteiger partial charge in [0.2, 0.25) is 15.9 Å². The summed E-state index contributed by atoms with van der Waals surface area (Å²) in [6.45, 7) is 1.19. The van der Waals surface area contributed by atoms with Gasteiger partial charge in [-0.1, -0.05) is 18.6 Å². The molecule has 2 aliphatic rings. The normalized spacial score (nSPS) is 24.1. The van der Waals surface area contributed by atoms with E-state index in [1.165, 1.54) is 0 Å². The lowest BCUT2D eigenvalue weighted by molar-refractivity contribution is -0.135. The molecule has 7 heteroatoms. The topological polar surface area (TPSA) is 66.9 Å². The molecular weight excluding hydrogens is 352 g/mol. The van der Waals surface area contributed by atoms with Gasteiger partial charge in [-0.2, -0.15) is 4.31 Å². The molecule has 1 aromatic rings. The molecule has 1 heterocycles. The Labute approximate surface area is 156 Å². The third-order valence-corrected chi connectivity index (χ3v) is 7.49. The average Bonchev–Trinajstić information content (AvgIpc) is 2.62. The number of benzene rings is 1. The van der Waals surface area contributed by atoms with Crippen molar-refractivity contribution in [1.29, 1.82) is 0 Å². The van der Waals surface area contributed by atoms with E-state index in [4.69, 9.17) is 4.74 Å². The standard InChI is InChI=1S/C19H28N2O4S/c1-20(16-13-17(14-16)25-2)19(22)12-15-6-8-18(9-7-15)26(23,24)21-10-4-3-5-11-21/h6-9,16-17H,3-5,10-14H2,1-2H3. The Balaban J connectivity index is 1.60. The van der Waals surface area contributed by atoms with Crippen LogP contribution in [-0.4, -0.2) is 62.9 Å². The number of piperidine rings is 1. The Hall–Kier alpha value is -1.44. The highest BCUT2D eigenvalue weighted by Crippen LogP contribution is 2.27. The molecule has 0 spiro atoms. The molecule has 1 saturated heterocycles. The number of carbonyl (C=O) groups excluding carboxylic acids is 1. The maximum absolute atomic E-state index is 12.7. The van der Waals surface area contributed by atoms with Crippen molar-refractivity contribution in [1.82, 2.24) is 9.21 Å². The number of sulfonamides is 1. The van der Waals surface area contributed by atoms with E-state index in [2.05, 4.69) is 0 Å². The Morgan fingerprint density at radius 1 is 1.15 bits per heavy atom. The van der Waals surface area contributed by atoms with Crippen LogP contribution in [0.5, 0.6) is 0 Å². The molecule has 1 aromatic carbocycles. The van der Waals surface area contributed by atoms with Crippen LogP contribution >= 0.6 is 0 Å². The third kappa shape index (κ3) is 4.10. The van der Waals surface area contributed by atoms with Crippen molar-refractivity contribution in [2.75, 3.05) is 27.2 Å². The van der Waals surface area contributed by atoms with Crippen LogP contribution in [0.3, 0.4) is 0 Å². The summed E-state index contributed by atoms with van der Waals surface area (Å²) >= 11 is 0. The van der Waals surface area contributed by atoms with E-state index in [0.717, 1.165) is 37.7 Å². The fourth-order valence-electron chi connectivity index (χ4n) is 3.58. The van der Waals surface area contributed by atoms with Gasteiger partial charge in [-0.05, 0) is 43.4 Å². The summed E-state index contributed by atoms with van der Waals surface area (Å²) in [6, 6.07) is 6.99. The minimum absolute atomic E-state index is 0.0520. The molecule has 1 saturated carbocycles. The van der Waals surface area contributed by atoms with Crippen molar-refractivity contribution >= 4 is 15.9 Å². The van der Waals surface area contributed by atoms with Gasteiger partial charge in [-0.15, -0.1) is 0 Å². The van der Waals surface area contributed by atoms with E-state index in [0.29, 0.717) is 18.0 Å². The van der Waals surface area contributed by atoms with Crippen molar-refractivity contribution in [2.45, 2.75) is 55.6 Å². The van der Waals surface area contributed by atoms with Gasteiger partial charge in [0.1, 0.15) is 0 Å². The highest BCUT2D eigenvalue weighted by molar-refractivity contribution is 7.89. The zero-order valence-electron chi connectivity index (χ0n) is 15.6. The molecule has 1 aliphatic carbocycles. The first-order chi connectivity index (χ1) is 12.4. The lowest BCUT2D eigenvalue weighted by atomic mass is 9.88. The Morgan fingerprint density at radius 3 is 2.35 bits per heavy atom. The molecule has 0 N–H and O–H groups in total. The summed E-state index contributed by atoms with van der Waals surface area (Å²) in [5, 5.41) is 0. The van der Waals surface area contributed by atoms with Crippen LogP contribution in [0.25, 0.3) is 0 Å². The molecule has 0 aromatic heterocycles. The monoisotopic (exact) mass is 380 g/mol. The van der Waals surface area contributed by atoms with Crippen molar-refractivity contribution in [3.8, 4) is 0 Å². The number of rotatable bonds is 6. The fraction of sp³-hybridized carbons (Fsp3) is 0.632. The van der Waals surface area contributed by atoms with Crippen molar-refractivity contribution in [2.24, 2.45) is 0 Å². The zero-order valence-corrected chi connectivity index (χ0v) is 16.4. The van der Waals surface area contributed by atoms with E-state index >= 15 is 0 Å². The molecule has 0 bridgehead atoms. The maximum atomic E-state index is 12.7. The minimum atomic E-state index is -3.42. The summed E-state index contributed by atoms with van der Waals surface area (Å²) in [4.78, 5) is 14.5. The van der Waals surface area contributed by atoms with E-state index in [1.807, 2.05) is 7.05 Å². The molecule has 0 radical (unpaired) electrons. The van der Waals surface area contributed by atoms with Gasteiger partial charge in [0.05, 0.1) is 17.4 Å². The lowest BCUT2D eigenvalue weighted by Gasteiger charge is -2.40. The van der Waals surface area contributed by atoms with Crippen molar-refractivity contribution < 1.29 is 17.9 Å². The van der Waals surface area contributed by atoms with Gasteiger partial charge in [0.25, 0.3) is 0 Å². The number of ether oxygens (including phenoxy) is 1. The van der Waals surface area contributed by atoms with Crippen LogP contribution in [0.2, 0.25) is 0 Å². The second-order valence-electron chi connectivity index (χ2n) is 7.27. The van der Waals surface area contributed by atoms with Gasteiger partial charge >= 0.3 is 0 Å². The molecular formula is C19H28N2O4S. The number of nitrogens with zero attached hydrogens (tertiary/aromatic N) is 2. The number of hydrogen-bond donors (Lipinski definition) is 0. The molecule has 0 atom stereocenters. The fourth-order valence-corrected chi connectivity index (χ4v) is 5.10. The summed E-state index contributed by atoms with van der Waals surface area (Å²) in [5.74, 6) is 0.0520. The predicted octanol–water partition coefficient (Wildman–Crippen LogP) is 2.04. The third-order valence-electron chi connectivity index (χ3n) is 5.58.